The number of benzene rings is 1. The van der Waals surface area contributed by atoms with Crippen molar-refractivity contribution in [2.24, 2.45) is 5.41 Å². The maximum Gasteiger partial charge on any atom is 0.317 e. The standard InChI is InChI=1S/C17H21N5O3/c1-12(14-10-22(20-19-14)13-6-4-3-5-7-13)18-16(25)21-9-8-17(2,11-21)15(23)24/h3-7,10,12H,8-9,11H2,1-2H3,(H,18,25)(H,23,24). The van der Waals surface area contributed by atoms with Gasteiger partial charge in [0.15, 0.2) is 0 Å². The molecule has 2 amide bonds. The molecule has 1 fully saturated rings. The van der Waals surface area contributed by atoms with Crippen LogP contribution in [0, 0.1) is 5.41 Å². The Labute approximate surface area is 145 Å². The normalized spacial score (nSPS) is 21.1. The number of carboxylic acid groups (broad SMARTS) is 1. The van der Waals surface area contributed by atoms with E-state index in [9.17, 15) is 14.7 Å². The largest absolute Gasteiger partial charge is 0.481 e. The summed E-state index contributed by atoms with van der Waals surface area (Å²) in [6.07, 6.45) is 2.22. The SMILES string of the molecule is CC(NC(=O)N1CCC(C)(C(=O)O)C1)c1cn(-c2ccccc2)nn1. The lowest BCUT2D eigenvalue weighted by Crippen LogP contribution is -2.41. The quantitative estimate of drug-likeness (QED) is 0.882. The zero-order chi connectivity index (χ0) is 18.0. The first-order valence-electron chi connectivity index (χ1n) is 8.15. The Bertz CT molecular complexity index is 776. The molecular formula is C17H21N5O3. The van der Waals surface area contributed by atoms with Crippen LogP contribution in [0.1, 0.15) is 32.0 Å². The minimum Gasteiger partial charge on any atom is -0.481 e. The van der Waals surface area contributed by atoms with Gasteiger partial charge in [-0.15, -0.1) is 5.10 Å². The molecule has 1 aliphatic rings. The number of urea groups is 1. The van der Waals surface area contributed by atoms with Crippen molar-refractivity contribution in [2.45, 2.75) is 26.3 Å². The number of aliphatic carboxylic acids is 1. The Morgan fingerprint density at radius 3 is 2.68 bits per heavy atom. The van der Waals surface area contributed by atoms with E-state index in [1.807, 2.05) is 37.3 Å². The van der Waals surface area contributed by atoms with Gasteiger partial charge in [-0.2, -0.15) is 0 Å². The molecule has 0 spiro atoms. The molecule has 0 saturated carbocycles. The monoisotopic (exact) mass is 343 g/mol. The number of amides is 2. The predicted octanol–water partition coefficient (Wildman–Crippen LogP) is 1.83. The van der Waals surface area contributed by atoms with Crippen molar-refractivity contribution in [2.75, 3.05) is 13.1 Å². The number of nitrogens with one attached hydrogen (secondary N) is 1. The van der Waals surface area contributed by atoms with Gasteiger partial charge in [0.1, 0.15) is 5.69 Å². The van der Waals surface area contributed by atoms with E-state index in [0.29, 0.717) is 18.7 Å². The fourth-order valence-corrected chi connectivity index (χ4v) is 2.84. The van der Waals surface area contributed by atoms with Crippen LogP contribution in [-0.4, -0.2) is 50.1 Å². The molecule has 132 valence electrons. The molecule has 1 aromatic heterocycles. The summed E-state index contributed by atoms with van der Waals surface area (Å²) in [4.78, 5) is 25.2. The van der Waals surface area contributed by atoms with Gasteiger partial charge in [0, 0.05) is 13.1 Å². The van der Waals surface area contributed by atoms with E-state index in [4.69, 9.17) is 0 Å². The number of carboxylic acids is 1. The molecule has 0 aliphatic carbocycles. The number of hydrogen-bond acceptors (Lipinski definition) is 4. The first-order valence-corrected chi connectivity index (χ1v) is 8.15. The van der Waals surface area contributed by atoms with Gasteiger partial charge in [0.05, 0.1) is 23.3 Å². The van der Waals surface area contributed by atoms with E-state index in [0.717, 1.165) is 5.69 Å². The molecule has 1 aromatic carbocycles. The third-order valence-corrected chi connectivity index (χ3v) is 4.59. The van der Waals surface area contributed by atoms with Crippen LogP contribution in [0.15, 0.2) is 36.5 Å². The van der Waals surface area contributed by atoms with Crippen LogP contribution in [-0.2, 0) is 4.79 Å². The second-order valence-electron chi connectivity index (χ2n) is 6.63. The van der Waals surface area contributed by atoms with Gasteiger partial charge < -0.3 is 15.3 Å². The zero-order valence-corrected chi connectivity index (χ0v) is 14.2. The molecule has 1 saturated heterocycles. The van der Waals surface area contributed by atoms with Gasteiger partial charge in [0.2, 0.25) is 0 Å². The fourth-order valence-electron chi connectivity index (χ4n) is 2.84. The highest BCUT2D eigenvalue weighted by Gasteiger charge is 2.42. The van der Waals surface area contributed by atoms with E-state index in [1.54, 1.807) is 17.8 Å². The lowest BCUT2D eigenvalue weighted by Gasteiger charge is -2.22. The number of likely N-dealkylation sites (tertiary alicyclic amines) is 1. The summed E-state index contributed by atoms with van der Waals surface area (Å²) in [6.45, 7) is 4.12. The van der Waals surface area contributed by atoms with Crippen molar-refractivity contribution in [3.8, 4) is 5.69 Å². The molecular weight excluding hydrogens is 322 g/mol. The van der Waals surface area contributed by atoms with Crippen molar-refractivity contribution >= 4 is 12.0 Å². The molecule has 2 atom stereocenters. The van der Waals surface area contributed by atoms with Gasteiger partial charge in [-0.1, -0.05) is 23.4 Å². The predicted molar refractivity (Wildman–Crippen MR) is 90.2 cm³/mol. The Kier molecular flexibility index (Phi) is 4.43. The molecule has 2 heterocycles. The molecule has 1 aliphatic heterocycles. The number of nitrogens with zero attached hydrogens (tertiary/aromatic N) is 4. The average Bonchev–Trinajstić information content (AvgIpc) is 3.23. The molecule has 2 unspecified atom stereocenters. The molecule has 25 heavy (non-hydrogen) atoms. The summed E-state index contributed by atoms with van der Waals surface area (Å²) in [7, 11) is 0. The van der Waals surface area contributed by atoms with E-state index >= 15 is 0 Å². The topological polar surface area (TPSA) is 100 Å². The van der Waals surface area contributed by atoms with Crippen LogP contribution in [0.5, 0.6) is 0 Å². The van der Waals surface area contributed by atoms with E-state index in [-0.39, 0.29) is 18.6 Å². The summed E-state index contributed by atoms with van der Waals surface area (Å²) in [5, 5.41) is 20.3. The number of carbonyl (C=O) groups is 2. The molecule has 8 nitrogen and oxygen atoms in total. The van der Waals surface area contributed by atoms with Crippen LogP contribution >= 0.6 is 0 Å². The molecule has 3 rings (SSSR count). The first kappa shape index (κ1) is 16.9. The molecule has 8 heteroatoms. The van der Waals surface area contributed by atoms with E-state index in [1.165, 1.54) is 4.90 Å². The van der Waals surface area contributed by atoms with Crippen LogP contribution in [0.3, 0.4) is 0 Å². The van der Waals surface area contributed by atoms with Crippen LogP contribution in [0.2, 0.25) is 0 Å². The maximum absolute atomic E-state index is 12.4. The molecule has 2 N–H and O–H groups in total. The minimum atomic E-state index is -0.878. The number of aromatic nitrogens is 3. The number of rotatable bonds is 4. The van der Waals surface area contributed by atoms with Crippen molar-refractivity contribution in [3.05, 3.63) is 42.2 Å². The third-order valence-electron chi connectivity index (χ3n) is 4.59. The van der Waals surface area contributed by atoms with Crippen LogP contribution in [0.25, 0.3) is 5.69 Å². The molecule has 0 radical (unpaired) electrons. The second-order valence-corrected chi connectivity index (χ2v) is 6.63. The molecule has 0 bridgehead atoms. The Hall–Kier alpha value is -2.90. The zero-order valence-electron chi connectivity index (χ0n) is 14.2. The number of para-hydroxylation sites is 1. The van der Waals surface area contributed by atoms with Crippen LogP contribution in [0.4, 0.5) is 4.79 Å². The van der Waals surface area contributed by atoms with Gasteiger partial charge >= 0.3 is 12.0 Å². The third kappa shape index (κ3) is 3.47. The van der Waals surface area contributed by atoms with Crippen molar-refractivity contribution in [3.63, 3.8) is 0 Å². The minimum absolute atomic E-state index is 0.206. The summed E-state index contributed by atoms with van der Waals surface area (Å²) < 4.78 is 1.65. The van der Waals surface area contributed by atoms with Gasteiger partial charge in [-0.25, -0.2) is 9.48 Å². The van der Waals surface area contributed by atoms with Crippen molar-refractivity contribution in [1.29, 1.82) is 0 Å². The highest BCUT2D eigenvalue weighted by molar-refractivity contribution is 5.79. The van der Waals surface area contributed by atoms with E-state index < -0.39 is 11.4 Å². The first-order chi connectivity index (χ1) is 11.9. The fraction of sp³-hybridized carbons (Fsp3) is 0.412. The Balaban J connectivity index is 1.63. The van der Waals surface area contributed by atoms with Crippen molar-refractivity contribution in [1.82, 2.24) is 25.2 Å². The summed E-state index contributed by atoms with van der Waals surface area (Å²) >= 11 is 0. The highest BCUT2D eigenvalue weighted by Crippen LogP contribution is 2.30. The van der Waals surface area contributed by atoms with Crippen LogP contribution < -0.4 is 5.32 Å². The summed E-state index contributed by atoms with van der Waals surface area (Å²) in [5.74, 6) is -0.873. The van der Waals surface area contributed by atoms with E-state index in [2.05, 4.69) is 15.6 Å². The Morgan fingerprint density at radius 1 is 1.32 bits per heavy atom. The lowest BCUT2D eigenvalue weighted by atomic mass is 9.90. The smallest absolute Gasteiger partial charge is 0.317 e. The molecule has 2 aromatic rings. The summed E-state index contributed by atoms with van der Waals surface area (Å²) in [6, 6.07) is 8.96. The number of carbonyl (C=O) groups excluding carboxylic acids is 1. The maximum atomic E-state index is 12.4. The van der Waals surface area contributed by atoms with Crippen molar-refractivity contribution < 1.29 is 14.7 Å². The van der Waals surface area contributed by atoms with Gasteiger partial charge in [0.25, 0.3) is 0 Å². The number of hydrogen-bond donors (Lipinski definition) is 2. The summed E-state index contributed by atoms with van der Waals surface area (Å²) in [5.41, 5.74) is 0.644. The average molecular weight is 343 g/mol. The Morgan fingerprint density at radius 2 is 2.04 bits per heavy atom. The lowest BCUT2D eigenvalue weighted by molar-refractivity contribution is -0.147. The highest BCUT2D eigenvalue weighted by atomic mass is 16.4. The van der Waals surface area contributed by atoms with Gasteiger partial charge in [-0.05, 0) is 32.4 Å². The van der Waals surface area contributed by atoms with Gasteiger partial charge in [-0.3, -0.25) is 4.79 Å². The second kappa shape index (κ2) is 6.54.